The summed E-state index contributed by atoms with van der Waals surface area (Å²) in [5.74, 6) is 0.173. The van der Waals surface area contributed by atoms with Crippen LogP contribution in [0.2, 0.25) is 0 Å². The van der Waals surface area contributed by atoms with E-state index < -0.39 is 11.7 Å². The van der Waals surface area contributed by atoms with Crippen molar-refractivity contribution in [2.24, 2.45) is 7.05 Å². The van der Waals surface area contributed by atoms with E-state index in [0.29, 0.717) is 56.5 Å². The fourth-order valence-electron chi connectivity index (χ4n) is 6.25. The number of aryl methyl sites for hydroxylation is 1. The lowest BCUT2D eigenvalue weighted by Gasteiger charge is -2.38. The lowest BCUT2D eigenvalue weighted by molar-refractivity contribution is -0.136. The Kier molecular flexibility index (Phi) is 7.38. The Morgan fingerprint density at radius 3 is 2.53 bits per heavy atom. The van der Waals surface area contributed by atoms with E-state index in [2.05, 4.69) is 15.5 Å². The van der Waals surface area contributed by atoms with Gasteiger partial charge in [0.05, 0.1) is 29.9 Å². The van der Waals surface area contributed by atoms with Crippen molar-refractivity contribution < 1.29 is 19.8 Å². The number of carboxylic acid groups (broad SMARTS) is 1. The van der Waals surface area contributed by atoms with Crippen molar-refractivity contribution in [1.29, 1.82) is 0 Å². The number of anilines is 1. The molecule has 4 aromatic rings. The van der Waals surface area contributed by atoms with Crippen molar-refractivity contribution in [2.75, 3.05) is 24.6 Å². The van der Waals surface area contributed by atoms with Crippen LogP contribution in [-0.4, -0.2) is 71.7 Å². The van der Waals surface area contributed by atoms with Crippen LogP contribution in [0.25, 0.3) is 22.3 Å². The van der Waals surface area contributed by atoms with Crippen molar-refractivity contribution in [3.05, 3.63) is 76.3 Å². The molecule has 1 saturated heterocycles. The first-order valence-corrected chi connectivity index (χ1v) is 14.5. The van der Waals surface area contributed by atoms with E-state index >= 15 is 0 Å². The molecule has 0 bridgehead atoms. The molecule has 6 rings (SSSR count). The third kappa shape index (κ3) is 5.57. The molecule has 2 aromatic carbocycles. The highest BCUT2D eigenvalue weighted by Crippen LogP contribution is 2.33. The Hall–Kier alpha value is -4.71. The molecule has 2 amide bonds. The van der Waals surface area contributed by atoms with Crippen LogP contribution in [0.15, 0.2) is 59.7 Å². The normalized spacial score (nSPS) is 16.7. The monoisotopic (exact) mass is 585 g/mol. The van der Waals surface area contributed by atoms with Crippen molar-refractivity contribution >= 4 is 28.7 Å². The van der Waals surface area contributed by atoms with Crippen LogP contribution in [0.4, 0.5) is 10.5 Å². The Labute approximate surface area is 248 Å². The van der Waals surface area contributed by atoms with E-state index in [0.717, 1.165) is 22.4 Å². The summed E-state index contributed by atoms with van der Waals surface area (Å²) < 4.78 is 3.04. The first-order chi connectivity index (χ1) is 20.6. The van der Waals surface area contributed by atoms with Gasteiger partial charge < -0.3 is 15.1 Å². The van der Waals surface area contributed by atoms with E-state index in [-0.39, 0.29) is 29.4 Å². The number of likely N-dealkylation sites (tertiary alicyclic amines) is 1. The molecule has 2 aliphatic heterocycles. The van der Waals surface area contributed by atoms with Crippen molar-refractivity contribution in [1.82, 2.24) is 29.7 Å². The van der Waals surface area contributed by atoms with Crippen LogP contribution < -0.4 is 16.0 Å². The van der Waals surface area contributed by atoms with Gasteiger partial charge in [0.2, 0.25) is 5.91 Å². The average Bonchev–Trinajstić information content (AvgIpc) is 3.54. The molecule has 224 valence electrons. The Morgan fingerprint density at radius 1 is 1.07 bits per heavy atom. The number of hydrogen-bond acceptors (Lipinski definition) is 7. The lowest BCUT2D eigenvalue weighted by atomic mass is 9.90. The van der Waals surface area contributed by atoms with Gasteiger partial charge >= 0.3 is 6.09 Å². The van der Waals surface area contributed by atoms with Gasteiger partial charge in [0.15, 0.2) is 5.52 Å². The van der Waals surface area contributed by atoms with Gasteiger partial charge in [0.1, 0.15) is 5.52 Å². The molecule has 2 aliphatic rings. The minimum Gasteiger partial charge on any atom is -0.464 e. The molecule has 4 heterocycles. The third-order valence-electron chi connectivity index (χ3n) is 8.65. The van der Waals surface area contributed by atoms with Crippen LogP contribution in [0.5, 0.6) is 0 Å². The zero-order valence-electron chi connectivity index (χ0n) is 24.2. The van der Waals surface area contributed by atoms with Crippen molar-refractivity contribution in [3.63, 3.8) is 0 Å². The maximum absolute atomic E-state index is 13.5. The number of hydrazine groups is 1. The maximum atomic E-state index is 13.5. The number of aliphatic hydroxyl groups is 1. The van der Waals surface area contributed by atoms with Gasteiger partial charge in [-0.25, -0.2) is 15.2 Å². The summed E-state index contributed by atoms with van der Waals surface area (Å²) >= 11 is 0. The van der Waals surface area contributed by atoms with Gasteiger partial charge in [-0.05, 0) is 48.4 Å². The molecule has 0 unspecified atom stereocenters. The van der Waals surface area contributed by atoms with Gasteiger partial charge in [0, 0.05) is 38.7 Å². The van der Waals surface area contributed by atoms with Gasteiger partial charge in [-0.3, -0.25) is 23.8 Å². The van der Waals surface area contributed by atoms with Crippen LogP contribution >= 0.6 is 0 Å². The van der Waals surface area contributed by atoms with Crippen LogP contribution in [-0.2, 0) is 24.8 Å². The van der Waals surface area contributed by atoms with E-state index in [9.17, 15) is 19.5 Å². The first-order valence-electron chi connectivity index (χ1n) is 14.5. The molecule has 3 N–H and O–H groups in total. The molecule has 0 spiro atoms. The number of rotatable bonds is 7. The SMILES string of the molecule is C[C@H](CC(=O)N1CCC(O)(Cn2cnc3c(-c4ccc5c(c4)CCN5NC(=O)O)n(C)nc3c2=O)CC1)c1ccccc1. The standard InChI is InChI=1S/C31H35N7O5/c1-20(21-6-4-3-5-7-21)16-25(39)36-14-11-31(43,12-15-36)18-37-19-32-26-27(29(37)40)33-35(2)28(26)23-8-9-24-22(17-23)10-13-38(24)34-30(41)42/h3-9,17,19-20,34,43H,10-16,18H2,1-2H3,(H,41,42)/t20-/m1/s1. The number of carbonyl (C=O) groups is 2. The molecule has 12 heteroatoms. The quantitative estimate of drug-likeness (QED) is 0.300. The molecule has 0 saturated carbocycles. The zero-order valence-corrected chi connectivity index (χ0v) is 24.2. The summed E-state index contributed by atoms with van der Waals surface area (Å²) in [7, 11) is 1.76. The first kappa shape index (κ1) is 28.4. The second-order valence-electron chi connectivity index (χ2n) is 11.6. The summed E-state index contributed by atoms with van der Waals surface area (Å²) in [6.45, 7) is 3.49. The maximum Gasteiger partial charge on any atom is 0.423 e. The lowest BCUT2D eigenvalue weighted by Crippen LogP contribution is -2.49. The number of piperidine rings is 1. The van der Waals surface area contributed by atoms with E-state index in [1.54, 1.807) is 21.6 Å². The highest BCUT2D eigenvalue weighted by molar-refractivity contribution is 5.90. The van der Waals surface area contributed by atoms with Gasteiger partial charge in [0.25, 0.3) is 5.56 Å². The molecule has 43 heavy (non-hydrogen) atoms. The summed E-state index contributed by atoms with van der Waals surface area (Å²) in [5.41, 5.74) is 5.99. The number of nitrogens with zero attached hydrogens (tertiary/aromatic N) is 6. The predicted octanol–water partition coefficient (Wildman–Crippen LogP) is 2.89. The average molecular weight is 586 g/mol. The Morgan fingerprint density at radius 2 is 1.81 bits per heavy atom. The summed E-state index contributed by atoms with van der Waals surface area (Å²) in [4.78, 5) is 44.0. The number of aromatic nitrogens is 4. The molecule has 0 aliphatic carbocycles. The molecule has 2 aromatic heterocycles. The highest BCUT2D eigenvalue weighted by atomic mass is 16.4. The topological polar surface area (TPSA) is 146 Å². The minimum atomic E-state index is -1.14. The second-order valence-corrected chi connectivity index (χ2v) is 11.6. The fraction of sp³-hybridized carbons (Fsp3) is 0.387. The van der Waals surface area contributed by atoms with Gasteiger partial charge in [-0.2, -0.15) is 5.10 Å². The molecule has 0 radical (unpaired) electrons. The molecule has 12 nitrogen and oxygen atoms in total. The number of carbonyl (C=O) groups excluding carboxylic acids is 1. The van der Waals surface area contributed by atoms with E-state index in [1.807, 2.05) is 55.5 Å². The largest absolute Gasteiger partial charge is 0.464 e. The smallest absolute Gasteiger partial charge is 0.423 e. The van der Waals surface area contributed by atoms with Crippen LogP contribution in [0.3, 0.4) is 0 Å². The number of nitrogens with one attached hydrogen (secondary N) is 1. The summed E-state index contributed by atoms with van der Waals surface area (Å²) in [6.07, 6.45) is 2.14. The number of benzene rings is 2. The minimum absolute atomic E-state index is 0.0639. The van der Waals surface area contributed by atoms with Crippen LogP contribution in [0.1, 0.15) is 43.2 Å². The molecular formula is C31H35N7O5. The Balaban J connectivity index is 1.16. The van der Waals surface area contributed by atoms with E-state index in [4.69, 9.17) is 5.11 Å². The highest BCUT2D eigenvalue weighted by Gasteiger charge is 2.35. The number of fused-ring (bicyclic) bond motifs is 2. The van der Waals surface area contributed by atoms with Crippen LogP contribution in [0, 0.1) is 0 Å². The Bertz CT molecular complexity index is 1740. The van der Waals surface area contributed by atoms with Crippen molar-refractivity contribution in [3.8, 4) is 11.3 Å². The molecular weight excluding hydrogens is 550 g/mol. The molecule has 1 atom stereocenters. The summed E-state index contributed by atoms with van der Waals surface area (Å²) in [6, 6.07) is 15.6. The number of hydrogen-bond donors (Lipinski definition) is 3. The number of amides is 2. The second kappa shape index (κ2) is 11.2. The predicted molar refractivity (Wildman–Crippen MR) is 161 cm³/mol. The third-order valence-corrected chi connectivity index (χ3v) is 8.65. The zero-order chi connectivity index (χ0) is 30.3. The van der Waals surface area contributed by atoms with Gasteiger partial charge in [-0.15, -0.1) is 0 Å². The van der Waals surface area contributed by atoms with Crippen molar-refractivity contribution in [2.45, 2.75) is 50.7 Å². The molecule has 1 fully saturated rings. The van der Waals surface area contributed by atoms with Gasteiger partial charge in [-0.1, -0.05) is 43.3 Å². The fourth-order valence-corrected chi connectivity index (χ4v) is 6.25. The van der Waals surface area contributed by atoms with E-state index in [1.165, 1.54) is 10.9 Å². The summed E-state index contributed by atoms with van der Waals surface area (Å²) in [5, 5.41) is 26.6.